The number of nitrogens with one attached hydrogen (secondary N) is 2. The summed E-state index contributed by atoms with van der Waals surface area (Å²) in [4.78, 5) is 48.8. The van der Waals surface area contributed by atoms with Gasteiger partial charge in [-0.2, -0.15) is 4.31 Å². The van der Waals surface area contributed by atoms with E-state index in [1.165, 1.54) is 12.1 Å². The molecule has 3 rings (SSSR count). The van der Waals surface area contributed by atoms with Gasteiger partial charge in [-0.05, 0) is 54.1 Å². The van der Waals surface area contributed by atoms with Crippen molar-refractivity contribution in [2.45, 2.75) is 55.9 Å². The minimum atomic E-state index is -5.76. The fraction of sp³-hybridized carbons (Fsp3) is 0.394. The molecule has 0 saturated carbocycles. The zero-order chi connectivity index (χ0) is 41.2. The van der Waals surface area contributed by atoms with E-state index in [1.54, 1.807) is 60.7 Å². The van der Waals surface area contributed by atoms with Gasteiger partial charge in [0.05, 0.1) is 26.4 Å². The molecule has 13 nitrogen and oxygen atoms in total. The molecule has 16 heteroatoms. The Morgan fingerprint density at radius 1 is 0.980 bits per heavy atom. The van der Waals surface area contributed by atoms with Crippen LogP contribution in [-0.2, 0) is 28.6 Å². The first-order valence-electron chi connectivity index (χ1n) is 18.3. The Hall–Kier alpha value is -2.52. The molecule has 262 valence electrons. The molecule has 49 heavy (non-hydrogen) atoms. The van der Waals surface area contributed by atoms with Gasteiger partial charge in [0.2, 0.25) is 15.9 Å². The van der Waals surface area contributed by atoms with E-state index in [4.69, 9.17) is 20.1 Å². The first-order valence-corrected chi connectivity index (χ1v) is 17.7. The fourth-order valence-corrected chi connectivity index (χ4v) is 7.00. The molecule has 4 N–H and O–H groups in total. The van der Waals surface area contributed by atoms with Crippen molar-refractivity contribution in [2.24, 2.45) is 5.89 Å². The number of benzene rings is 3. The Morgan fingerprint density at radius 3 is 2.06 bits per heavy atom. The smallest absolute Gasteiger partial charge is 0.790 e. The second-order valence-corrected chi connectivity index (χ2v) is 13.7. The number of nitrogen functional groups attached to an aromatic ring is 1. The average Bonchev–Trinajstić information content (AvgIpc) is 3.11. The quantitative estimate of drug-likeness (QED) is 0.0751. The van der Waals surface area contributed by atoms with Crippen molar-refractivity contribution in [2.75, 3.05) is 32.5 Å². The Morgan fingerprint density at radius 2 is 1.55 bits per heavy atom. The molecular weight excluding hydrogens is 700 g/mol. The van der Waals surface area contributed by atoms with Gasteiger partial charge in [0.15, 0.2) is 0 Å². The van der Waals surface area contributed by atoms with Gasteiger partial charge >= 0.3 is 43.8 Å². The third-order valence-electron chi connectivity index (χ3n) is 7.29. The van der Waals surface area contributed by atoms with Gasteiger partial charge < -0.3 is 40.0 Å². The number of alkyl carbamates (subject to hydrolysis) is 1. The second kappa shape index (κ2) is 20.4. The average molecular weight is 750 g/mol. The number of carbonyl (C=O) groups excluding carboxylic acids is 2. The number of nitrogens with two attached hydrogens (primary N) is 1. The maximum absolute atomic E-state index is 14.1. The Balaban J connectivity index is 0.0000108. The molecule has 2 atom stereocenters. The van der Waals surface area contributed by atoms with Gasteiger partial charge in [-0.3, -0.25) is 4.79 Å². The molecule has 0 heterocycles. The Kier molecular flexibility index (Phi) is 13.5. The zero-order valence-electron chi connectivity index (χ0n) is 33.8. The van der Waals surface area contributed by atoms with Gasteiger partial charge in [0.1, 0.15) is 6.04 Å². The van der Waals surface area contributed by atoms with E-state index in [0.29, 0.717) is 15.4 Å². The number of methoxy groups -OCH3 is 1. The summed E-state index contributed by atoms with van der Waals surface area (Å²) in [6, 6.07) is 19.4. The van der Waals surface area contributed by atoms with Gasteiger partial charge in [0, 0.05) is 40.3 Å². The number of ether oxygens (including phenoxy) is 1. The van der Waals surface area contributed by atoms with E-state index in [9.17, 15) is 32.4 Å². The SMILES string of the molecule is [2H]C([2H])([2H])C([2H])(CN([C@@H](CCCCNC(=O)[C@@H](NC(=O)OC)C(c1ccccc1)c1ccccc1)COP(=O)([O-])[O-])S(=O)(=O)c1ccc(N)cc1)C([2H])([2H])[2H].[Ca+2]. The van der Waals surface area contributed by atoms with Gasteiger partial charge in [-0.15, -0.1) is 0 Å². The summed E-state index contributed by atoms with van der Waals surface area (Å²) in [5.41, 5.74) is 7.24. The molecule has 3 aromatic carbocycles. The Bertz CT molecular complexity index is 1820. The summed E-state index contributed by atoms with van der Waals surface area (Å²) in [7, 11) is -9.54. The molecule has 3 aromatic rings. The topological polar surface area (TPSA) is 203 Å². The summed E-state index contributed by atoms with van der Waals surface area (Å²) >= 11 is 0. The molecule has 0 spiro atoms. The monoisotopic (exact) mass is 749 g/mol. The Labute approximate surface area is 328 Å². The first kappa shape index (κ1) is 32.4. The predicted octanol–water partition coefficient (Wildman–Crippen LogP) is 2.59. The van der Waals surface area contributed by atoms with Crippen molar-refractivity contribution < 1.29 is 51.2 Å². The summed E-state index contributed by atoms with van der Waals surface area (Å²) in [6.45, 7) is -9.88. The maximum Gasteiger partial charge on any atom is 2.00 e. The summed E-state index contributed by atoms with van der Waals surface area (Å²) in [6.07, 6.45) is -1.20. The van der Waals surface area contributed by atoms with Crippen LogP contribution in [0.4, 0.5) is 10.5 Å². The summed E-state index contributed by atoms with van der Waals surface area (Å²) < 4.78 is 105. The molecule has 0 fully saturated rings. The van der Waals surface area contributed by atoms with Crippen LogP contribution in [0, 0.1) is 5.89 Å². The number of hydrogen-bond acceptors (Lipinski definition) is 10. The molecule has 0 aliphatic carbocycles. The molecule has 0 aliphatic rings. The van der Waals surface area contributed by atoms with E-state index in [2.05, 4.69) is 15.2 Å². The van der Waals surface area contributed by atoms with Crippen LogP contribution in [0.15, 0.2) is 89.8 Å². The van der Waals surface area contributed by atoms with Crippen LogP contribution in [0.2, 0.25) is 0 Å². The molecule has 0 saturated heterocycles. The molecule has 0 bridgehead atoms. The zero-order valence-corrected chi connectivity index (χ0v) is 30.7. The van der Waals surface area contributed by atoms with Gasteiger partial charge in [-0.25, -0.2) is 13.2 Å². The molecule has 0 unspecified atom stereocenters. The van der Waals surface area contributed by atoms with Crippen molar-refractivity contribution in [3.05, 3.63) is 96.1 Å². The van der Waals surface area contributed by atoms with Crippen molar-refractivity contribution >= 4 is 73.3 Å². The van der Waals surface area contributed by atoms with Crippen molar-refractivity contribution in [3.8, 4) is 0 Å². The van der Waals surface area contributed by atoms with Crippen LogP contribution in [0.3, 0.4) is 0 Å². The van der Waals surface area contributed by atoms with Gasteiger partial charge in [-0.1, -0.05) is 80.8 Å². The third kappa shape index (κ3) is 13.6. The summed E-state index contributed by atoms with van der Waals surface area (Å²) in [5, 5.41) is 5.31. The van der Waals surface area contributed by atoms with Crippen LogP contribution in [0.5, 0.6) is 0 Å². The van der Waals surface area contributed by atoms with Crippen molar-refractivity contribution in [1.82, 2.24) is 14.9 Å². The number of sulfonamides is 1. The second-order valence-electron chi connectivity index (χ2n) is 10.7. The number of rotatable bonds is 18. The fourth-order valence-electron chi connectivity index (χ4n) is 5.04. The van der Waals surface area contributed by atoms with E-state index in [0.717, 1.165) is 19.2 Å². The predicted molar refractivity (Wildman–Crippen MR) is 184 cm³/mol. The van der Waals surface area contributed by atoms with E-state index >= 15 is 0 Å². The third-order valence-corrected chi connectivity index (χ3v) is 9.67. The van der Waals surface area contributed by atoms with Crippen molar-refractivity contribution in [3.63, 3.8) is 0 Å². The number of unbranched alkanes of at least 4 members (excludes halogenated alkanes) is 1. The number of nitrogens with zero attached hydrogens (tertiary/aromatic N) is 1. The molecule has 0 aliphatic heterocycles. The van der Waals surface area contributed by atoms with Crippen LogP contribution < -0.4 is 26.2 Å². The normalized spacial score (nSPS) is 15.9. The number of carbonyl (C=O) groups is 2. The number of phosphoric ester groups is 1. The van der Waals surface area contributed by atoms with E-state index < -0.39 is 85.5 Å². The van der Waals surface area contributed by atoms with Crippen LogP contribution in [-0.4, -0.2) is 101 Å². The maximum atomic E-state index is 14.1. The standard InChI is InChI=1S/C33H45N4O9PS.Ca/c1-24(2)22-37(48(43,44)29-19-17-27(34)18-20-29)28(23-46-47(40,41)42)16-10-11-21-35-32(38)31(36-33(39)45-3)30(25-12-6-4-7-13-25)26-14-8-5-9-15-26;/h4-9,12-15,17-20,24,28,30-31H,10-11,16,21-23,34H2,1-3H3,(H,35,38)(H,36,39)(H2,40,41,42);/q;+2/p-2/t28-,31-;/m0./s1/i1D3,2D3,24D;. The van der Waals surface area contributed by atoms with Gasteiger partial charge in [0.25, 0.3) is 0 Å². The minimum Gasteiger partial charge on any atom is -0.790 e. The molecule has 0 radical (unpaired) electrons. The number of anilines is 1. The minimum absolute atomic E-state index is 0. The van der Waals surface area contributed by atoms with Crippen LogP contribution in [0.1, 0.15) is 59.6 Å². The number of hydrogen-bond donors (Lipinski definition) is 3. The summed E-state index contributed by atoms with van der Waals surface area (Å²) in [5.74, 6) is -4.73. The number of amides is 2. The molecular formula is C33H43CaN4O9PS. The van der Waals surface area contributed by atoms with Crippen molar-refractivity contribution in [1.29, 1.82) is 0 Å². The first-order chi connectivity index (χ1) is 25.5. The van der Waals surface area contributed by atoms with E-state index in [1.807, 2.05) is 0 Å². The molecule has 2 amide bonds. The molecule has 0 aromatic heterocycles. The van der Waals surface area contributed by atoms with Crippen LogP contribution in [0.25, 0.3) is 0 Å². The largest absolute Gasteiger partial charge is 2.00 e. The van der Waals surface area contributed by atoms with E-state index in [-0.39, 0.29) is 69.2 Å². The number of phosphoric acid groups is 1. The van der Waals surface area contributed by atoms with Crippen LogP contribution >= 0.6 is 7.82 Å².